The summed E-state index contributed by atoms with van der Waals surface area (Å²) in [6.45, 7) is 9.75. The lowest BCUT2D eigenvalue weighted by Gasteiger charge is -2.23. The van der Waals surface area contributed by atoms with Crippen molar-refractivity contribution in [2.75, 3.05) is 19.7 Å². The van der Waals surface area contributed by atoms with Crippen molar-refractivity contribution >= 4 is 5.91 Å². The van der Waals surface area contributed by atoms with Crippen LogP contribution in [0.25, 0.3) is 0 Å². The van der Waals surface area contributed by atoms with Crippen molar-refractivity contribution in [3.8, 4) is 0 Å². The van der Waals surface area contributed by atoms with Crippen LogP contribution in [0.3, 0.4) is 0 Å². The van der Waals surface area contributed by atoms with E-state index in [0.29, 0.717) is 26.1 Å². The lowest BCUT2D eigenvalue weighted by Crippen LogP contribution is -2.35. The predicted octanol–water partition coefficient (Wildman–Crippen LogP) is 1.41. The number of hydrogen-bond donors (Lipinski definition) is 2. The molecule has 1 amide bonds. The van der Waals surface area contributed by atoms with Gasteiger partial charge in [0.05, 0.1) is 6.61 Å². The van der Waals surface area contributed by atoms with Crippen molar-refractivity contribution in [1.82, 2.24) is 5.32 Å². The maximum absolute atomic E-state index is 11.8. The highest BCUT2D eigenvalue weighted by Gasteiger charge is 2.32. The van der Waals surface area contributed by atoms with E-state index in [-0.39, 0.29) is 17.4 Å². The molecule has 1 fully saturated rings. The first-order chi connectivity index (χ1) is 8.74. The van der Waals surface area contributed by atoms with E-state index in [2.05, 4.69) is 19.2 Å². The third kappa shape index (κ3) is 6.36. The zero-order valence-corrected chi connectivity index (χ0v) is 12.6. The largest absolute Gasteiger partial charge is 0.353 e. The molecule has 5 nitrogen and oxygen atoms in total. The summed E-state index contributed by atoms with van der Waals surface area (Å²) in [5, 5.41) is 2.90. The van der Waals surface area contributed by atoms with E-state index in [1.165, 1.54) is 0 Å². The number of ether oxygens (including phenoxy) is 2. The zero-order chi connectivity index (χ0) is 14.5. The summed E-state index contributed by atoms with van der Waals surface area (Å²) in [7, 11) is 0. The fourth-order valence-electron chi connectivity index (χ4n) is 2.15. The molecular weight excluding hydrogens is 244 g/mol. The molecule has 0 aromatic heterocycles. The van der Waals surface area contributed by atoms with Crippen LogP contribution in [0.4, 0.5) is 0 Å². The van der Waals surface area contributed by atoms with Gasteiger partial charge in [0.2, 0.25) is 5.91 Å². The first-order valence-electron chi connectivity index (χ1n) is 7.03. The summed E-state index contributed by atoms with van der Waals surface area (Å²) >= 11 is 0. The van der Waals surface area contributed by atoms with Gasteiger partial charge in [-0.15, -0.1) is 0 Å². The average Bonchev–Trinajstić information content (AvgIpc) is 2.64. The van der Waals surface area contributed by atoms with Gasteiger partial charge in [0, 0.05) is 13.0 Å². The Morgan fingerprint density at radius 2 is 2.11 bits per heavy atom. The fraction of sp³-hybridized carbons (Fsp3) is 0.929. The Balaban J connectivity index is 2.18. The Hall–Kier alpha value is -0.650. The first-order valence-corrected chi connectivity index (χ1v) is 7.03. The summed E-state index contributed by atoms with van der Waals surface area (Å²) in [4.78, 5) is 11.8. The van der Waals surface area contributed by atoms with Crippen molar-refractivity contribution in [2.45, 2.75) is 58.8 Å². The highest BCUT2D eigenvalue weighted by Crippen LogP contribution is 2.26. The highest BCUT2D eigenvalue weighted by atomic mass is 16.7. The van der Waals surface area contributed by atoms with Crippen LogP contribution in [0.1, 0.15) is 47.0 Å². The van der Waals surface area contributed by atoms with Crippen LogP contribution < -0.4 is 11.1 Å². The van der Waals surface area contributed by atoms with E-state index in [1.807, 2.05) is 13.8 Å². The second-order valence-corrected chi connectivity index (χ2v) is 6.46. The molecule has 0 aromatic carbocycles. The predicted molar refractivity (Wildman–Crippen MR) is 74.6 cm³/mol. The Morgan fingerprint density at radius 3 is 2.63 bits per heavy atom. The number of nitrogens with one attached hydrogen (secondary N) is 1. The SMILES string of the molecule is CC(C)(CCN)CCC(=O)NCC1COC(C)(C)O1. The molecule has 1 aliphatic heterocycles. The molecule has 19 heavy (non-hydrogen) atoms. The monoisotopic (exact) mass is 272 g/mol. The quantitative estimate of drug-likeness (QED) is 0.735. The molecule has 0 aromatic rings. The minimum Gasteiger partial charge on any atom is -0.353 e. The second kappa shape index (κ2) is 6.68. The van der Waals surface area contributed by atoms with Gasteiger partial charge >= 0.3 is 0 Å². The maximum Gasteiger partial charge on any atom is 0.220 e. The Morgan fingerprint density at radius 1 is 1.42 bits per heavy atom. The third-order valence-electron chi connectivity index (χ3n) is 3.44. The van der Waals surface area contributed by atoms with Gasteiger partial charge < -0.3 is 20.5 Å². The van der Waals surface area contributed by atoms with E-state index in [9.17, 15) is 4.79 Å². The second-order valence-electron chi connectivity index (χ2n) is 6.46. The van der Waals surface area contributed by atoms with Crippen LogP contribution >= 0.6 is 0 Å². The third-order valence-corrected chi connectivity index (χ3v) is 3.44. The smallest absolute Gasteiger partial charge is 0.220 e. The number of nitrogens with two attached hydrogens (primary N) is 1. The Labute approximate surface area is 116 Å². The van der Waals surface area contributed by atoms with E-state index in [0.717, 1.165) is 12.8 Å². The molecule has 3 N–H and O–H groups in total. The summed E-state index contributed by atoms with van der Waals surface area (Å²) in [6.07, 6.45) is 2.28. The number of hydrogen-bond acceptors (Lipinski definition) is 4. The van der Waals surface area contributed by atoms with Crippen LogP contribution in [0.15, 0.2) is 0 Å². The van der Waals surface area contributed by atoms with Gasteiger partial charge in [-0.3, -0.25) is 4.79 Å². The van der Waals surface area contributed by atoms with Gasteiger partial charge in [0.15, 0.2) is 5.79 Å². The van der Waals surface area contributed by atoms with Gasteiger partial charge in [0.1, 0.15) is 6.10 Å². The van der Waals surface area contributed by atoms with Crippen molar-refractivity contribution in [3.05, 3.63) is 0 Å². The molecule has 1 saturated heterocycles. The van der Waals surface area contributed by atoms with Gasteiger partial charge in [-0.2, -0.15) is 0 Å². The number of carbonyl (C=O) groups excluding carboxylic acids is 1. The summed E-state index contributed by atoms with van der Waals surface area (Å²) < 4.78 is 11.1. The first kappa shape index (κ1) is 16.4. The number of rotatable bonds is 7. The molecule has 5 heteroatoms. The molecule has 0 bridgehead atoms. The number of carbonyl (C=O) groups is 1. The van der Waals surface area contributed by atoms with Gasteiger partial charge in [-0.1, -0.05) is 13.8 Å². The molecule has 1 aliphatic rings. The molecular formula is C14H28N2O3. The summed E-state index contributed by atoms with van der Waals surface area (Å²) in [5.74, 6) is -0.461. The molecule has 0 aliphatic carbocycles. The van der Waals surface area contributed by atoms with Gasteiger partial charge in [0.25, 0.3) is 0 Å². The van der Waals surface area contributed by atoms with E-state index >= 15 is 0 Å². The highest BCUT2D eigenvalue weighted by molar-refractivity contribution is 5.75. The Kier molecular flexibility index (Phi) is 5.77. The van der Waals surface area contributed by atoms with Crippen LogP contribution in [0.5, 0.6) is 0 Å². The molecule has 112 valence electrons. The van der Waals surface area contributed by atoms with E-state index in [4.69, 9.17) is 15.2 Å². The van der Waals surface area contributed by atoms with Gasteiger partial charge in [-0.05, 0) is 38.6 Å². The molecule has 1 heterocycles. The van der Waals surface area contributed by atoms with Crippen LogP contribution in [0, 0.1) is 5.41 Å². The van der Waals surface area contributed by atoms with E-state index in [1.54, 1.807) is 0 Å². The lowest BCUT2D eigenvalue weighted by molar-refractivity contribution is -0.139. The van der Waals surface area contributed by atoms with Crippen molar-refractivity contribution < 1.29 is 14.3 Å². The molecule has 0 spiro atoms. The standard InChI is InChI=1S/C14H28N2O3/c1-13(2,7-8-15)6-5-12(17)16-9-11-10-18-14(3,4)19-11/h11H,5-10,15H2,1-4H3,(H,16,17). The Bertz CT molecular complexity index is 303. The minimum atomic E-state index is -0.529. The minimum absolute atomic E-state index is 0.0454. The zero-order valence-electron chi connectivity index (χ0n) is 12.6. The van der Waals surface area contributed by atoms with Crippen LogP contribution in [0.2, 0.25) is 0 Å². The van der Waals surface area contributed by atoms with Crippen molar-refractivity contribution in [3.63, 3.8) is 0 Å². The van der Waals surface area contributed by atoms with Crippen molar-refractivity contribution in [1.29, 1.82) is 0 Å². The fourth-order valence-corrected chi connectivity index (χ4v) is 2.15. The molecule has 1 unspecified atom stereocenters. The summed E-state index contributed by atoms with van der Waals surface area (Å²) in [5.41, 5.74) is 5.68. The van der Waals surface area contributed by atoms with Crippen LogP contribution in [-0.4, -0.2) is 37.5 Å². The average molecular weight is 272 g/mol. The lowest BCUT2D eigenvalue weighted by atomic mass is 9.84. The van der Waals surface area contributed by atoms with Crippen LogP contribution in [-0.2, 0) is 14.3 Å². The van der Waals surface area contributed by atoms with Gasteiger partial charge in [-0.25, -0.2) is 0 Å². The normalized spacial score (nSPS) is 22.5. The molecule has 1 atom stereocenters. The topological polar surface area (TPSA) is 73.6 Å². The van der Waals surface area contributed by atoms with E-state index < -0.39 is 5.79 Å². The molecule has 0 saturated carbocycles. The summed E-state index contributed by atoms with van der Waals surface area (Å²) in [6, 6.07) is 0. The number of amides is 1. The maximum atomic E-state index is 11.8. The van der Waals surface area contributed by atoms with Crippen molar-refractivity contribution in [2.24, 2.45) is 11.1 Å². The molecule has 1 rings (SSSR count). The molecule has 0 radical (unpaired) electrons.